The summed E-state index contributed by atoms with van der Waals surface area (Å²) in [5, 5.41) is 19.6. The molecule has 1 aromatic carbocycles. The van der Waals surface area contributed by atoms with Crippen LogP contribution in [0.3, 0.4) is 0 Å². The third-order valence-corrected chi connectivity index (χ3v) is 2.86. The lowest BCUT2D eigenvalue weighted by atomic mass is 10.1. The highest BCUT2D eigenvalue weighted by Crippen LogP contribution is 2.30. The topological polar surface area (TPSA) is 83.7 Å². The summed E-state index contributed by atoms with van der Waals surface area (Å²) in [6.07, 6.45) is 0.347. The molecule has 0 amide bonds. The van der Waals surface area contributed by atoms with Crippen molar-refractivity contribution in [1.29, 1.82) is 0 Å². The number of carboxylic acids is 1. The summed E-state index contributed by atoms with van der Waals surface area (Å²) in [7, 11) is 0. The third kappa shape index (κ3) is 4.18. The highest BCUT2D eigenvalue weighted by molar-refractivity contribution is 5.67. The van der Waals surface area contributed by atoms with Crippen LogP contribution >= 0.6 is 0 Å². The van der Waals surface area contributed by atoms with Crippen molar-refractivity contribution in [1.82, 2.24) is 0 Å². The van der Waals surface area contributed by atoms with Gasteiger partial charge >= 0.3 is 5.97 Å². The summed E-state index contributed by atoms with van der Waals surface area (Å²) in [6, 6.07) is 3.33. The Labute approximate surface area is 116 Å². The van der Waals surface area contributed by atoms with E-state index in [1.165, 1.54) is 6.07 Å². The predicted octanol–water partition coefficient (Wildman–Crippen LogP) is 2.81. The highest BCUT2D eigenvalue weighted by atomic mass is 19.1. The number of hydrogen-bond donors (Lipinski definition) is 1. The molecule has 0 fully saturated rings. The molecule has 1 N–H and O–H groups in total. The van der Waals surface area contributed by atoms with E-state index >= 15 is 0 Å². The van der Waals surface area contributed by atoms with Crippen LogP contribution in [0.2, 0.25) is 0 Å². The van der Waals surface area contributed by atoms with Gasteiger partial charge in [0, 0.05) is 19.0 Å². The first-order valence-electron chi connectivity index (χ1n) is 6.25. The Morgan fingerprint density at radius 2 is 2.15 bits per heavy atom. The van der Waals surface area contributed by atoms with E-state index in [-0.39, 0.29) is 18.2 Å². The Bertz CT molecular complexity index is 505. The van der Waals surface area contributed by atoms with Gasteiger partial charge in [-0.25, -0.2) is 4.39 Å². The van der Waals surface area contributed by atoms with Crippen LogP contribution in [0, 0.1) is 15.9 Å². The Kier molecular flexibility index (Phi) is 5.42. The molecule has 0 aromatic heterocycles. The van der Waals surface area contributed by atoms with Crippen molar-refractivity contribution in [2.45, 2.75) is 32.7 Å². The summed E-state index contributed by atoms with van der Waals surface area (Å²) in [5.41, 5.74) is -0.00851. The Morgan fingerprint density at radius 1 is 1.50 bits per heavy atom. The van der Waals surface area contributed by atoms with Crippen LogP contribution < -0.4 is 4.90 Å². The molecule has 0 aliphatic rings. The fourth-order valence-corrected chi connectivity index (χ4v) is 1.94. The lowest BCUT2D eigenvalue weighted by molar-refractivity contribution is -0.384. The molecule has 20 heavy (non-hydrogen) atoms. The largest absolute Gasteiger partial charge is 0.481 e. The molecule has 0 spiro atoms. The number of nitrogens with zero attached hydrogens (tertiary/aromatic N) is 2. The minimum Gasteiger partial charge on any atom is -0.481 e. The third-order valence-electron chi connectivity index (χ3n) is 2.86. The predicted molar refractivity (Wildman–Crippen MR) is 72.4 cm³/mol. The monoisotopic (exact) mass is 284 g/mol. The second-order valence-corrected chi connectivity index (χ2v) is 4.67. The molecular formula is C13H17FN2O4. The average Bonchev–Trinajstić information content (AvgIpc) is 2.34. The van der Waals surface area contributed by atoms with Gasteiger partial charge < -0.3 is 10.0 Å². The molecule has 0 saturated heterocycles. The van der Waals surface area contributed by atoms with Crippen molar-refractivity contribution < 1.29 is 19.2 Å². The van der Waals surface area contributed by atoms with Crippen molar-refractivity contribution in [3.8, 4) is 0 Å². The molecule has 0 bridgehead atoms. The maximum atomic E-state index is 13.1. The molecule has 6 nitrogen and oxygen atoms in total. The molecule has 7 heteroatoms. The SMILES string of the molecule is CC(C)N(CCCC(=O)O)c1ccc(F)cc1[N+](=O)[O-]. The van der Waals surface area contributed by atoms with Crippen molar-refractivity contribution >= 4 is 17.3 Å². The van der Waals surface area contributed by atoms with Crippen LogP contribution in [0.1, 0.15) is 26.7 Å². The van der Waals surface area contributed by atoms with Crippen LogP contribution in [0.15, 0.2) is 18.2 Å². The van der Waals surface area contributed by atoms with Crippen molar-refractivity contribution in [3.63, 3.8) is 0 Å². The minimum absolute atomic E-state index is 0.0157. The summed E-state index contributed by atoms with van der Waals surface area (Å²) in [6.45, 7) is 4.04. The minimum atomic E-state index is -0.915. The lowest BCUT2D eigenvalue weighted by Crippen LogP contribution is -2.32. The smallest absolute Gasteiger partial charge is 0.303 e. The fraction of sp³-hybridized carbons (Fsp3) is 0.462. The number of carboxylic acid groups (broad SMARTS) is 1. The van der Waals surface area contributed by atoms with Gasteiger partial charge in [0.1, 0.15) is 11.5 Å². The van der Waals surface area contributed by atoms with Gasteiger partial charge in [0.15, 0.2) is 0 Å². The summed E-state index contributed by atoms with van der Waals surface area (Å²) < 4.78 is 13.1. The number of carbonyl (C=O) groups is 1. The van der Waals surface area contributed by atoms with Crippen molar-refractivity contribution in [3.05, 3.63) is 34.1 Å². The van der Waals surface area contributed by atoms with Crippen LogP contribution in [0.25, 0.3) is 0 Å². The maximum Gasteiger partial charge on any atom is 0.303 e. The molecule has 0 heterocycles. The number of rotatable bonds is 7. The summed E-state index contributed by atoms with van der Waals surface area (Å²) in [5.74, 6) is -1.59. The molecule has 0 saturated carbocycles. The Hall–Kier alpha value is -2.18. The molecule has 0 radical (unpaired) electrons. The van der Waals surface area contributed by atoms with Crippen LogP contribution in [-0.4, -0.2) is 28.6 Å². The van der Waals surface area contributed by atoms with Crippen LogP contribution in [-0.2, 0) is 4.79 Å². The zero-order valence-corrected chi connectivity index (χ0v) is 11.4. The van der Waals surface area contributed by atoms with E-state index in [9.17, 15) is 19.3 Å². The molecule has 0 aliphatic carbocycles. The van der Waals surface area contributed by atoms with E-state index in [1.807, 2.05) is 13.8 Å². The van der Waals surface area contributed by atoms with E-state index in [2.05, 4.69) is 0 Å². The van der Waals surface area contributed by atoms with E-state index < -0.39 is 16.7 Å². The second kappa shape index (κ2) is 6.83. The van der Waals surface area contributed by atoms with E-state index in [0.717, 1.165) is 12.1 Å². The molecule has 1 rings (SSSR count). The maximum absolute atomic E-state index is 13.1. The number of halogens is 1. The molecular weight excluding hydrogens is 267 g/mol. The molecule has 110 valence electrons. The number of anilines is 1. The van der Waals surface area contributed by atoms with Crippen LogP contribution in [0.4, 0.5) is 15.8 Å². The first-order valence-corrected chi connectivity index (χ1v) is 6.25. The standard InChI is InChI=1S/C13H17FN2O4/c1-9(2)15(7-3-4-13(17)18)11-6-5-10(14)8-12(11)16(19)20/h5-6,8-9H,3-4,7H2,1-2H3,(H,17,18). The second-order valence-electron chi connectivity index (χ2n) is 4.67. The van der Waals surface area contributed by atoms with E-state index in [0.29, 0.717) is 18.7 Å². The number of aliphatic carboxylic acids is 1. The van der Waals surface area contributed by atoms with Gasteiger partial charge in [-0.1, -0.05) is 0 Å². The van der Waals surface area contributed by atoms with Gasteiger partial charge in [-0.2, -0.15) is 0 Å². The zero-order valence-electron chi connectivity index (χ0n) is 11.4. The van der Waals surface area contributed by atoms with Gasteiger partial charge in [0.2, 0.25) is 0 Å². The van der Waals surface area contributed by atoms with Crippen LogP contribution in [0.5, 0.6) is 0 Å². The number of benzene rings is 1. The van der Waals surface area contributed by atoms with E-state index in [4.69, 9.17) is 5.11 Å². The van der Waals surface area contributed by atoms with Gasteiger partial charge in [-0.15, -0.1) is 0 Å². The van der Waals surface area contributed by atoms with Gasteiger partial charge in [0.25, 0.3) is 5.69 Å². The molecule has 1 aromatic rings. The lowest BCUT2D eigenvalue weighted by Gasteiger charge is -2.28. The van der Waals surface area contributed by atoms with Crippen molar-refractivity contribution in [2.24, 2.45) is 0 Å². The average molecular weight is 284 g/mol. The molecule has 0 atom stereocenters. The zero-order chi connectivity index (χ0) is 15.3. The first-order chi connectivity index (χ1) is 9.32. The van der Waals surface area contributed by atoms with E-state index in [1.54, 1.807) is 4.90 Å². The summed E-state index contributed by atoms with van der Waals surface area (Å²) >= 11 is 0. The Balaban J connectivity index is 3.02. The molecule has 0 unspecified atom stereocenters. The fourth-order valence-electron chi connectivity index (χ4n) is 1.94. The number of nitro groups is 1. The highest BCUT2D eigenvalue weighted by Gasteiger charge is 2.22. The summed E-state index contributed by atoms with van der Waals surface area (Å²) in [4.78, 5) is 22.6. The number of hydrogen-bond acceptors (Lipinski definition) is 4. The van der Waals surface area contributed by atoms with Crippen molar-refractivity contribution in [2.75, 3.05) is 11.4 Å². The van der Waals surface area contributed by atoms with Gasteiger partial charge in [-0.3, -0.25) is 14.9 Å². The quantitative estimate of drug-likeness (QED) is 0.614. The number of nitro benzene ring substituents is 1. The van der Waals surface area contributed by atoms with Gasteiger partial charge in [0.05, 0.1) is 11.0 Å². The normalized spacial score (nSPS) is 10.6. The van der Waals surface area contributed by atoms with Gasteiger partial charge in [-0.05, 0) is 32.4 Å². The molecule has 0 aliphatic heterocycles. The Morgan fingerprint density at radius 3 is 2.65 bits per heavy atom. The first kappa shape index (κ1) is 15.9.